The third-order valence-electron chi connectivity index (χ3n) is 1.93. The number of aliphatic hydroxyl groups is 1. The molecule has 114 valence electrons. The summed E-state index contributed by atoms with van der Waals surface area (Å²) in [5, 5.41) is 20.1. The van der Waals surface area contributed by atoms with Gasteiger partial charge >= 0.3 is 17.9 Å². The molecular formula is C11H17NO8. The standard InChI is InChI=1S/C11H17NO8/c1-5(13)4-12-10(16)8(19-6(2)14)9(11(17)18)20-7(3)15/h5,8-9,13H,4H2,1-3H3,(H,12,16)(H,17,18). The molecule has 0 aliphatic rings. The molecule has 0 aromatic heterocycles. The maximum Gasteiger partial charge on any atom is 0.349 e. The Morgan fingerprint density at radius 2 is 1.50 bits per heavy atom. The second kappa shape index (κ2) is 8.10. The van der Waals surface area contributed by atoms with Gasteiger partial charge in [0, 0.05) is 20.4 Å². The Balaban J connectivity index is 5.07. The van der Waals surface area contributed by atoms with Crippen molar-refractivity contribution in [2.75, 3.05) is 6.54 Å². The Kier molecular flexibility index (Phi) is 7.22. The monoisotopic (exact) mass is 291 g/mol. The third kappa shape index (κ3) is 6.69. The van der Waals surface area contributed by atoms with Crippen molar-refractivity contribution in [2.45, 2.75) is 39.1 Å². The second-order valence-corrected chi connectivity index (χ2v) is 3.99. The first-order valence-electron chi connectivity index (χ1n) is 5.68. The molecule has 20 heavy (non-hydrogen) atoms. The summed E-state index contributed by atoms with van der Waals surface area (Å²) in [5.74, 6) is -4.49. The molecule has 0 heterocycles. The van der Waals surface area contributed by atoms with Crippen molar-refractivity contribution in [1.82, 2.24) is 5.32 Å². The molecule has 0 aromatic carbocycles. The highest BCUT2D eigenvalue weighted by molar-refractivity contribution is 5.90. The van der Waals surface area contributed by atoms with Crippen molar-refractivity contribution in [3.8, 4) is 0 Å². The lowest BCUT2D eigenvalue weighted by atomic mass is 10.2. The average Bonchev–Trinajstić information content (AvgIpc) is 2.29. The molecule has 3 N–H and O–H groups in total. The van der Waals surface area contributed by atoms with Crippen molar-refractivity contribution in [3.05, 3.63) is 0 Å². The highest BCUT2D eigenvalue weighted by atomic mass is 16.6. The van der Waals surface area contributed by atoms with E-state index < -0.39 is 42.1 Å². The SMILES string of the molecule is CC(=O)OC(C(=O)O)C(OC(C)=O)C(=O)NCC(C)O. The number of carboxylic acid groups (broad SMARTS) is 1. The number of ether oxygens (including phenoxy) is 2. The Bertz CT molecular complexity index is 392. The van der Waals surface area contributed by atoms with Gasteiger partial charge in [0.05, 0.1) is 6.10 Å². The van der Waals surface area contributed by atoms with Gasteiger partial charge in [-0.3, -0.25) is 14.4 Å². The Hall–Kier alpha value is -2.16. The van der Waals surface area contributed by atoms with Gasteiger partial charge in [0.25, 0.3) is 5.91 Å². The van der Waals surface area contributed by atoms with Crippen molar-refractivity contribution < 1.29 is 38.9 Å². The number of esters is 2. The molecular weight excluding hydrogens is 274 g/mol. The van der Waals surface area contributed by atoms with Gasteiger partial charge in [0.2, 0.25) is 12.2 Å². The van der Waals surface area contributed by atoms with E-state index in [0.29, 0.717) is 0 Å². The number of hydrogen-bond acceptors (Lipinski definition) is 7. The molecule has 0 saturated carbocycles. The van der Waals surface area contributed by atoms with Gasteiger partial charge in [0.15, 0.2) is 0 Å². The van der Waals surface area contributed by atoms with Crippen LogP contribution in [-0.2, 0) is 28.7 Å². The number of nitrogens with one attached hydrogen (secondary N) is 1. The fourth-order valence-electron chi connectivity index (χ4n) is 1.20. The van der Waals surface area contributed by atoms with Crippen LogP contribution in [0.5, 0.6) is 0 Å². The number of carbonyl (C=O) groups excluding carboxylic acids is 3. The van der Waals surface area contributed by atoms with Crippen LogP contribution < -0.4 is 5.32 Å². The maximum absolute atomic E-state index is 11.8. The van der Waals surface area contributed by atoms with Gasteiger partial charge in [-0.15, -0.1) is 0 Å². The van der Waals surface area contributed by atoms with Crippen LogP contribution in [0.25, 0.3) is 0 Å². The average molecular weight is 291 g/mol. The number of carboxylic acids is 1. The summed E-state index contributed by atoms with van der Waals surface area (Å²) in [5.41, 5.74) is 0. The first-order valence-corrected chi connectivity index (χ1v) is 5.68. The van der Waals surface area contributed by atoms with Crippen molar-refractivity contribution in [3.63, 3.8) is 0 Å². The number of rotatable bonds is 7. The van der Waals surface area contributed by atoms with Crippen LogP contribution in [0.1, 0.15) is 20.8 Å². The van der Waals surface area contributed by atoms with Crippen LogP contribution in [0.15, 0.2) is 0 Å². The van der Waals surface area contributed by atoms with Gasteiger partial charge in [-0.1, -0.05) is 0 Å². The summed E-state index contributed by atoms with van der Waals surface area (Å²) in [7, 11) is 0. The van der Waals surface area contributed by atoms with Crippen molar-refractivity contribution in [1.29, 1.82) is 0 Å². The molecule has 0 spiro atoms. The Morgan fingerprint density at radius 3 is 1.85 bits per heavy atom. The summed E-state index contributed by atoms with van der Waals surface area (Å²) >= 11 is 0. The van der Waals surface area contributed by atoms with E-state index in [1.165, 1.54) is 6.92 Å². The minimum Gasteiger partial charge on any atom is -0.478 e. The van der Waals surface area contributed by atoms with E-state index in [1.807, 2.05) is 0 Å². The van der Waals surface area contributed by atoms with E-state index in [-0.39, 0.29) is 6.54 Å². The fourth-order valence-corrected chi connectivity index (χ4v) is 1.20. The normalized spacial score (nSPS) is 14.6. The molecule has 3 unspecified atom stereocenters. The molecule has 0 rings (SSSR count). The minimum absolute atomic E-state index is 0.178. The summed E-state index contributed by atoms with van der Waals surface area (Å²) < 4.78 is 9.04. The lowest BCUT2D eigenvalue weighted by Gasteiger charge is -2.22. The zero-order valence-corrected chi connectivity index (χ0v) is 11.3. The van der Waals surface area contributed by atoms with Crippen LogP contribution in [0.3, 0.4) is 0 Å². The largest absolute Gasteiger partial charge is 0.478 e. The molecule has 0 aliphatic carbocycles. The molecule has 0 radical (unpaired) electrons. The number of aliphatic hydroxyl groups excluding tert-OH is 1. The molecule has 0 saturated heterocycles. The number of carbonyl (C=O) groups is 4. The van der Waals surface area contributed by atoms with Gasteiger partial charge in [-0.25, -0.2) is 4.79 Å². The predicted octanol–water partition coefficient (Wildman–Crippen LogP) is -1.57. The van der Waals surface area contributed by atoms with E-state index in [1.54, 1.807) is 0 Å². The van der Waals surface area contributed by atoms with Crippen LogP contribution >= 0.6 is 0 Å². The molecule has 1 amide bonds. The molecule has 3 atom stereocenters. The van der Waals surface area contributed by atoms with E-state index in [4.69, 9.17) is 10.2 Å². The first-order chi connectivity index (χ1) is 9.15. The molecule has 0 aromatic rings. The first kappa shape index (κ1) is 17.8. The summed E-state index contributed by atoms with van der Waals surface area (Å²) in [4.78, 5) is 44.5. The van der Waals surface area contributed by atoms with Crippen molar-refractivity contribution in [2.24, 2.45) is 0 Å². The summed E-state index contributed by atoms with van der Waals surface area (Å²) in [6.07, 6.45) is -4.69. The molecule has 0 aliphatic heterocycles. The highest BCUT2D eigenvalue weighted by Gasteiger charge is 2.39. The maximum atomic E-state index is 11.8. The molecule has 0 fully saturated rings. The smallest absolute Gasteiger partial charge is 0.349 e. The molecule has 9 nitrogen and oxygen atoms in total. The van der Waals surface area contributed by atoms with E-state index >= 15 is 0 Å². The fraction of sp³-hybridized carbons (Fsp3) is 0.636. The topological polar surface area (TPSA) is 139 Å². The van der Waals surface area contributed by atoms with Crippen LogP contribution in [0.4, 0.5) is 0 Å². The number of hydrogen-bond donors (Lipinski definition) is 3. The van der Waals surface area contributed by atoms with E-state index in [9.17, 15) is 19.2 Å². The highest BCUT2D eigenvalue weighted by Crippen LogP contribution is 2.07. The van der Waals surface area contributed by atoms with Gasteiger partial charge < -0.3 is 25.0 Å². The Labute approximate surface area is 114 Å². The number of aliphatic carboxylic acids is 1. The number of amides is 1. The second-order valence-electron chi connectivity index (χ2n) is 3.99. The lowest BCUT2D eigenvalue weighted by Crippen LogP contribution is -2.50. The summed E-state index contributed by atoms with van der Waals surface area (Å²) in [6.45, 7) is 3.14. The van der Waals surface area contributed by atoms with Crippen molar-refractivity contribution >= 4 is 23.8 Å². The summed E-state index contributed by atoms with van der Waals surface area (Å²) in [6, 6.07) is 0. The van der Waals surface area contributed by atoms with E-state index in [2.05, 4.69) is 14.8 Å². The zero-order chi connectivity index (χ0) is 15.9. The van der Waals surface area contributed by atoms with Gasteiger partial charge in [-0.05, 0) is 6.92 Å². The molecule has 0 bridgehead atoms. The van der Waals surface area contributed by atoms with Gasteiger partial charge in [-0.2, -0.15) is 0 Å². The van der Waals surface area contributed by atoms with E-state index in [0.717, 1.165) is 13.8 Å². The zero-order valence-electron chi connectivity index (χ0n) is 11.3. The van der Waals surface area contributed by atoms with Crippen LogP contribution in [0.2, 0.25) is 0 Å². The molecule has 9 heteroatoms. The quantitative estimate of drug-likeness (QED) is 0.478. The lowest BCUT2D eigenvalue weighted by molar-refractivity contribution is -0.180. The van der Waals surface area contributed by atoms with Crippen LogP contribution in [0, 0.1) is 0 Å². The minimum atomic E-state index is -1.97. The Morgan fingerprint density at radius 1 is 1.05 bits per heavy atom. The third-order valence-corrected chi connectivity index (χ3v) is 1.93. The predicted molar refractivity (Wildman–Crippen MR) is 63.4 cm³/mol. The van der Waals surface area contributed by atoms with Gasteiger partial charge in [0.1, 0.15) is 0 Å². The van der Waals surface area contributed by atoms with Crippen LogP contribution in [-0.4, -0.2) is 58.9 Å².